The molecule has 0 atom stereocenters. The second-order valence-corrected chi connectivity index (χ2v) is 8.77. The van der Waals surface area contributed by atoms with E-state index in [4.69, 9.17) is 4.74 Å². The summed E-state index contributed by atoms with van der Waals surface area (Å²) < 4.78 is 71.0. The third kappa shape index (κ3) is 6.20. The molecule has 0 aliphatic carbocycles. The molecular formula is C21H25F3N2O4S. The number of ether oxygens (including phenoxy) is 1. The quantitative estimate of drug-likeness (QED) is 0.587. The molecule has 0 bridgehead atoms. The van der Waals surface area contributed by atoms with Crippen LogP contribution in [0.25, 0.3) is 0 Å². The largest absolute Gasteiger partial charge is 0.497 e. The molecule has 0 saturated heterocycles. The number of alkyl halides is 3. The van der Waals surface area contributed by atoms with Gasteiger partial charge in [-0.2, -0.15) is 17.5 Å². The second-order valence-electron chi connectivity index (χ2n) is 6.83. The van der Waals surface area contributed by atoms with Crippen LogP contribution in [-0.2, 0) is 16.2 Å². The van der Waals surface area contributed by atoms with Crippen LogP contribution in [-0.4, -0.2) is 38.8 Å². The summed E-state index contributed by atoms with van der Waals surface area (Å²) >= 11 is 0. The van der Waals surface area contributed by atoms with Gasteiger partial charge in [-0.15, -0.1) is 0 Å². The predicted molar refractivity (Wildman–Crippen MR) is 112 cm³/mol. The zero-order valence-electron chi connectivity index (χ0n) is 17.5. The first-order valence-electron chi connectivity index (χ1n) is 9.70. The van der Waals surface area contributed by atoms with Crippen LogP contribution in [0.2, 0.25) is 0 Å². The van der Waals surface area contributed by atoms with E-state index in [1.54, 1.807) is 0 Å². The van der Waals surface area contributed by atoms with E-state index < -0.39 is 27.7 Å². The smallest absolute Gasteiger partial charge is 0.416 e. The summed E-state index contributed by atoms with van der Waals surface area (Å²) in [5.41, 5.74) is -0.950. The summed E-state index contributed by atoms with van der Waals surface area (Å²) in [6.45, 7) is 4.54. The maximum absolute atomic E-state index is 13.0. The highest BCUT2D eigenvalue weighted by molar-refractivity contribution is 7.89. The van der Waals surface area contributed by atoms with Crippen molar-refractivity contribution in [3.63, 3.8) is 0 Å². The topological polar surface area (TPSA) is 75.7 Å². The lowest BCUT2D eigenvalue weighted by Gasteiger charge is -2.21. The van der Waals surface area contributed by atoms with Crippen molar-refractivity contribution < 1.29 is 31.1 Å². The van der Waals surface area contributed by atoms with Crippen molar-refractivity contribution in [1.29, 1.82) is 0 Å². The first-order chi connectivity index (χ1) is 14.5. The van der Waals surface area contributed by atoms with Gasteiger partial charge in [0, 0.05) is 30.4 Å². The number of sulfonamides is 1. The molecule has 0 spiro atoms. The van der Waals surface area contributed by atoms with Crippen molar-refractivity contribution in [2.75, 3.05) is 25.5 Å². The molecule has 0 saturated carbocycles. The monoisotopic (exact) mass is 458 g/mol. The number of rotatable bonds is 9. The standard InChI is InChI=1S/C21H25F3N2O4S/c1-4-10-26(11-5-2)31(28,29)19-8-6-15(7-9-19)20(27)25-17-12-16(21(22,23)24)13-18(14-17)30-3/h6-9,12-14H,4-5,10-11H2,1-3H3,(H,25,27). The third-order valence-corrected chi connectivity index (χ3v) is 6.34. The van der Waals surface area contributed by atoms with Crippen molar-refractivity contribution >= 4 is 21.6 Å². The molecule has 170 valence electrons. The van der Waals surface area contributed by atoms with Crippen LogP contribution in [0.4, 0.5) is 18.9 Å². The molecule has 0 fully saturated rings. The van der Waals surface area contributed by atoms with Gasteiger partial charge in [-0.1, -0.05) is 13.8 Å². The van der Waals surface area contributed by atoms with Gasteiger partial charge >= 0.3 is 6.18 Å². The first-order valence-corrected chi connectivity index (χ1v) is 11.1. The number of nitrogens with zero attached hydrogens (tertiary/aromatic N) is 1. The van der Waals surface area contributed by atoms with E-state index in [9.17, 15) is 26.4 Å². The van der Waals surface area contributed by atoms with E-state index in [0.717, 1.165) is 12.1 Å². The maximum atomic E-state index is 13.0. The van der Waals surface area contributed by atoms with Crippen LogP contribution in [0.1, 0.15) is 42.6 Å². The first kappa shape index (κ1) is 24.7. The summed E-state index contributed by atoms with van der Waals surface area (Å²) in [6.07, 6.45) is -3.27. The van der Waals surface area contributed by atoms with E-state index in [2.05, 4.69) is 5.32 Å². The fraction of sp³-hybridized carbons (Fsp3) is 0.381. The average Bonchev–Trinajstić information content (AvgIpc) is 2.72. The summed E-state index contributed by atoms with van der Waals surface area (Å²) in [5, 5.41) is 2.39. The number of benzene rings is 2. The number of anilines is 1. The van der Waals surface area contributed by atoms with Gasteiger partial charge in [-0.3, -0.25) is 4.79 Å². The van der Waals surface area contributed by atoms with Gasteiger partial charge in [0.25, 0.3) is 5.91 Å². The van der Waals surface area contributed by atoms with E-state index in [-0.39, 0.29) is 21.9 Å². The van der Waals surface area contributed by atoms with E-state index in [1.807, 2.05) is 13.8 Å². The molecule has 10 heteroatoms. The number of hydrogen-bond donors (Lipinski definition) is 1. The number of carbonyl (C=O) groups is 1. The van der Waals surface area contributed by atoms with Gasteiger partial charge in [0.1, 0.15) is 5.75 Å². The number of amides is 1. The van der Waals surface area contributed by atoms with Crippen molar-refractivity contribution in [2.45, 2.75) is 37.8 Å². The molecular weight excluding hydrogens is 433 g/mol. The van der Waals surface area contributed by atoms with Crippen LogP contribution in [0, 0.1) is 0 Å². The Morgan fingerprint density at radius 3 is 2.10 bits per heavy atom. The molecule has 0 heterocycles. The van der Waals surface area contributed by atoms with Crippen LogP contribution >= 0.6 is 0 Å². The molecule has 6 nitrogen and oxygen atoms in total. The Balaban J connectivity index is 2.25. The Morgan fingerprint density at radius 1 is 1.03 bits per heavy atom. The van der Waals surface area contributed by atoms with Gasteiger partial charge in [-0.25, -0.2) is 8.42 Å². The molecule has 1 amide bonds. The summed E-state index contributed by atoms with van der Waals surface area (Å²) in [5.74, 6) is -0.734. The lowest BCUT2D eigenvalue weighted by Crippen LogP contribution is -2.32. The van der Waals surface area contributed by atoms with Gasteiger partial charge < -0.3 is 10.1 Å². The summed E-state index contributed by atoms with van der Waals surface area (Å²) in [4.78, 5) is 12.5. The van der Waals surface area contributed by atoms with Crippen molar-refractivity contribution in [3.8, 4) is 5.75 Å². The van der Waals surface area contributed by atoms with Gasteiger partial charge in [-0.05, 0) is 49.2 Å². The predicted octanol–water partition coefficient (Wildman–Crippen LogP) is 4.78. The van der Waals surface area contributed by atoms with Crippen LogP contribution in [0.15, 0.2) is 47.4 Å². The van der Waals surface area contributed by atoms with Crippen LogP contribution in [0.5, 0.6) is 5.75 Å². The molecule has 0 radical (unpaired) electrons. The Morgan fingerprint density at radius 2 is 1.61 bits per heavy atom. The molecule has 2 rings (SSSR count). The van der Waals surface area contributed by atoms with E-state index in [0.29, 0.717) is 25.9 Å². The van der Waals surface area contributed by atoms with Gasteiger partial charge in [0.05, 0.1) is 17.6 Å². The number of hydrogen-bond acceptors (Lipinski definition) is 4. The van der Waals surface area contributed by atoms with Gasteiger partial charge in [0.15, 0.2) is 0 Å². The van der Waals surface area contributed by atoms with Crippen molar-refractivity contribution in [3.05, 3.63) is 53.6 Å². The molecule has 1 N–H and O–H groups in total. The highest BCUT2D eigenvalue weighted by atomic mass is 32.2. The van der Waals surface area contributed by atoms with E-state index >= 15 is 0 Å². The van der Waals surface area contributed by atoms with Gasteiger partial charge in [0.2, 0.25) is 10.0 Å². The minimum atomic E-state index is -4.60. The third-order valence-electron chi connectivity index (χ3n) is 4.43. The Labute approximate surface area is 180 Å². The van der Waals surface area contributed by atoms with Crippen molar-refractivity contribution in [1.82, 2.24) is 4.31 Å². The Kier molecular flexibility index (Phi) is 8.08. The summed E-state index contributed by atoms with van der Waals surface area (Å²) in [7, 11) is -2.47. The molecule has 2 aromatic carbocycles. The lowest BCUT2D eigenvalue weighted by molar-refractivity contribution is -0.137. The number of carbonyl (C=O) groups excluding carboxylic acids is 1. The number of nitrogens with one attached hydrogen (secondary N) is 1. The fourth-order valence-corrected chi connectivity index (χ4v) is 4.56. The average molecular weight is 459 g/mol. The number of methoxy groups -OCH3 is 1. The highest BCUT2D eigenvalue weighted by Crippen LogP contribution is 2.34. The maximum Gasteiger partial charge on any atom is 0.416 e. The zero-order chi connectivity index (χ0) is 23.2. The lowest BCUT2D eigenvalue weighted by atomic mass is 10.1. The molecule has 0 aliphatic rings. The molecule has 31 heavy (non-hydrogen) atoms. The molecule has 0 aromatic heterocycles. The van der Waals surface area contributed by atoms with E-state index in [1.165, 1.54) is 41.7 Å². The molecule has 2 aromatic rings. The zero-order valence-corrected chi connectivity index (χ0v) is 18.3. The Bertz CT molecular complexity index is 1000. The summed E-state index contributed by atoms with van der Waals surface area (Å²) in [6, 6.07) is 8.16. The van der Waals surface area contributed by atoms with Crippen LogP contribution < -0.4 is 10.1 Å². The second kappa shape index (κ2) is 10.1. The molecule has 0 aliphatic heterocycles. The Hall–Kier alpha value is -2.59. The van der Waals surface area contributed by atoms with Crippen LogP contribution in [0.3, 0.4) is 0 Å². The minimum Gasteiger partial charge on any atom is -0.497 e. The fourth-order valence-electron chi connectivity index (χ4n) is 2.93. The van der Waals surface area contributed by atoms with Crippen molar-refractivity contribution in [2.24, 2.45) is 0 Å². The minimum absolute atomic E-state index is 0.0479. The number of halogens is 3. The SMILES string of the molecule is CCCN(CCC)S(=O)(=O)c1ccc(C(=O)Nc2cc(OC)cc(C(F)(F)F)c2)cc1. The highest BCUT2D eigenvalue weighted by Gasteiger charge is 2.31. The normalized spacial score (nSPS) is 12.1. The molecule has 0 unspecified atom stereocenters.